The van der Waals surface area contributed by atoms with Crippen molar-refractivity contribution in [2.75, 3.05) is 13.1 Å². The molecule has 0 N–H and O–H groups in total. The number of nitrogens with zero attached hydrogens (tertiary/aromatic N) is 2. The number of halogens is 1. The summed E-state index contributed by atoms with van der Waals surface area (Å²) in [6.07, 6.45) is 2.83. The van der Waals surface area contributed by atoms with E-state index < -0.39 is 0 Å². The minimum Gasteiger partial charge on any atom is -0.337 e. The van der Waals surface area contributed by atoms with Crippen LogP contribution in [-0.2, 0) is 0 Å². The predicted octanol–water partition coefficient (Wildman–Crippen LogP) is 2.96. The maximum Gasteiger partial charge on any atom is 0.272 e. The third-order valence-electron chi connectivity index (χ3n) is 4.17. The number of ketones is 1. The van der Waals surface area contributed by atoms with Crippen molar-refractivity contribution in [3.63, 3.8) is 0 Å². The molecule has 1 saturated heterocycles. The first-order chi connectivity index (χ1) is 11.1. The molecule has 2 aromatic rings. The summed E-state index contributed by atoms with van der Waals surface area (Å²) in [6, 6.07) is 10.9. The SMILES string of the molecule is O=C(c1ccc(F)cc1)C1CCN(C(=O)c2ccccn2)CC1. The molecule has 23 heavy (non-hydrogen) atoms. The second-order valence-corrected chi connectivity index (χ2v) is 5.65. The number of rotatable bonds is 3. The number of piperidine rings is 1. The van der Waals surface area contributed by atoms with Crippen LogP contribution in [0.25, 0.3) is 0 Å². The minimum absolute atomic E-state index is 0.0231. The zero-order valence-corrected chi connectivity index (χ0v) is 12.6. The summed E-state index contributed by atoms with van der Waals surface area (Å²) in [5.74, 6) is -0.543. The van der Waals surface area contributed by atoms with Crippen LogP contribution in [0.1, 0.15) is 33.7 Å². The van der Waals surface area contributed by atoms with Crippen molar-refractivity contribution in [1.29, 1.82) is 0 Å². The van der Waals surface area contributed by atoms with Crippen molar-refractivity contribution < 1.29 is 14.0 Å². The zero-order valence-electron chi connectivity index (χ0n) is 12.6. The molecule has 0 atom stereocenters. The van der Waals surface area contributed by atoms with E-state index >= 15 is 0 Å². The van der Waals surface area contributed by atoms with Crippen molar-refractivity contribution in [3.8, 4) is 0 Å². The van der Waals surface area contributed by atoms with E-state index in [4.69, 9.17) is 0 Å². The number of amides is 1. The van der Waals surface area contributed by atoms with Crippen molar-refractivity contribution in [1.82, 2.24) is 9.88 Å². The number of pyridine rings is 1. The molecule has 3 rings (SSSR count). The summed E-state index contributed by atoms with van der Waals surface area (Å²) in [5.41, 5.74) is 0.955. The van der Waals surface area contributed by atoms with Gasteiger partial charge in [0.05, 0.1) is 0 Å². The lowest BCUT2D eigenvalue weighted by Crippen LogP contribution is -2.40. The van der Waals surface area contributed by atoms with Gasteiger partial charge in [0.25, 0.3) is 5.91 Å². The lowest BCUT2D eigenvalue weighted by Gasteiger charge is -2.31. The van der Waals surface area contributed by atoms with Crippen molar-refractivity contribution >= 4 is 11.7 Å². The molecule has 118 valence electrons. The third kappa shape index (κ3) is 3.44. The highest BCUT2D eigenvalue weighted by atomic mass is 19.1. The van der Waals surface area contributed by atoms with Gasteiger partial charge in [0.1, 0.15) is 11.5 Å². The van der Waals surface area contributed by atoms with E-state index in [-0.39, 0.29) is 23.4 Å². The summed E-state index contributed by atoms with van der Waals surface area (Å²) in [7, 11) is 0. The Bertz CT molecular complexity index is 693. The Morgan fingerprint density at radius 3 is 2.35 bits per heavy atom. The Balaban J connectivity index is 1.61. The first-order valence-corrected chi connectivity index (χ1v) is 7.65. The predicted molar refractivity (Wildman–Crippen MR) is 83.6 cm³/mol. The van der Waals surface area contributed by atoms with Gasteiger partial charge >= 0.3 is 0 Å². The average Bonchev–Trinajstić information content (AvgIpc) is 2.62. The lowest BCUT2D eigenvalue weighted by molar-refractivity contribution is 0.0645. The largest absolute Gasteiger partial charge is 0.337 e. The highest BCUT2D eigenvalue weighted by Gasteiger charge is 2.28. The van der Waals surface area contributed by atoms with E-state index in [1.807, 2.05) is 0 Å². The van der Waals surface area contributed by atoms with Crippen LogP contribution in [0.15, 0.2) is 48.7 Å². The van der Waals surface area contributed by atoms with E-state index in [0.717, 1.165) is 0 Å². The van der Waals surface area contributed by atoms with E-state index in [0.29, 0.717) is 37.2 Å². The molecule has 1 aliphatic rings. The average molecular weight is 312 g/mol. The van der Waals surface area contributed by atoms with Crippen LogP contribution in [0, 0.1) is 11.7 Å². The van der Waals surface area contributed by atoms with E-state index in [1.54, 1.807) is 29.3 Å². The molecule has 0 aliphatic carbocycles. The first-order valence-electron chi connectivity index (χ1n) is 7.65. The molecule has 0 spiro atoms. The van der Waals surface area contributed by atoms with Crippen LogP contribution >= 0.6 is 0 Å². The first kappa shape index (κ1) is 15.3. The standard InChI is InChI=1S/C18H17FN2O2/c19-15-6-4-13(5-7-15)17(22)14-8-11-21(12-9-14)18(23)16-3-1-2-10-20-16/h1-7,10,14H,8-9,11-12H2. The van der Waals surface area contributed by atoms with Gasteiger partial charge in [0, 0.05) is 30.8 Å². The fraction of sp³-hybridized carbons (Fsp3) is 0.278. The molecular formula is C18H17FN2O2. The van der Waals surface area contributed by atoms with Crippen molar-refractivity contribution in [2.45, 2.75) is 12.8 Å². The fourth-order valence-electron chi connectivity index (χ4n) is 2.85. The molecule has 1 amide bonds. The summed E-state index contributed by atoms with van der Waals surface area (Å²) in [6.45, 7) is 1.07. The molecule has 4 nitrogen and oxygen atoms in total. The Kier molecular flexibility index (Phi) is 4.46. The maximum atomic E-state index is 12.9. The number of likely N-dealkylation sites (tertiary alicyclic amines) is 1. The highest BCUT2D eigenvalue weighted by Crippen LogP contribution is 2.23. The Morgan fingerprint density at radius 1 is 1.04 bits per heavy atom. The molecule has 5 heteroatoms. The van der Waals surface area contributed by atoms with Crippen LogP contribution in [-0.4, -0.2) is 34.7 Å². The topological polar surface area (TPSA) is 50.3 Å². The molecule has 1 fully saturated rings. The van der Waals surface area contributed by atoms with Gasteiger partial charge in [-0.25, -0.2) is 4.39 Å². The number of Topliss-reactive ketones (excluding diaryl/α,β-unsaturated/α-hetero) is 1. The van der Waals surface area contributed by atoms with Crippen LogP contribution in [0.2, 0.25) is 0 Å². The number of carbonyl (C=O) groups is 2. The quantitative estimate of drug-likeness (QED) is 0.819. The van der Waals surface area contributed by atoms with Gasteiger partial charge in [0.15, 0.2) is 5.78 Å². The number of hydrogen-bond donors (Lipinski definition) is 0. The summed E-state index contributed by atoms with van der Waals surface area (Å²) in [5, 5.41) is 0. The number of carbonyl (C=O) groups excluding carboxylic acids is 2. The van der Waals surface area contributed by atoms with Gasteiger partial charge in [0.2, 0.25) is 0 Å². The van der Waals surface area contributed by atoms with E-state index in [1.165, 1.54) is 24.3 Å². The third-order valence-corrected chi connectivity index (χ3v) is 4.17. The van der Waals surface area contributed by atoms with Gasteiger partial charge in [-0.05, 0) is 49.2 Å². The molecule has 0 unspecified atom stereocenters. The van der Waals surface area contributed by atoms with E-state index in [2.05, 4.69) is 4.98 Å². The molecule has 0 saturated carbocycles. The Hall–Kier alpha value is -2.56. The molecule has 1 aromatic heterocycles. The van der Waals surface area contributed by atoms with Crippen molar-refractivity contribution in [2.24, 2.45) is 5.92 Å². The van der Waals surface area contributed by atoms with Crippen molar-refractivity contribution in [3.05, 3.63) is 65.7 Å². The van der Waals surface area contributed by atoms with Gasteiger partial charge in [-0.15, -0.1) is 0 Å². The summed E-state index contributed by atoms with van der Waals surface area (Å²) >= 11 is 0. The summed E-state index contributed by atoms with van der Waals surface area (Å²) < 4.78 is 12.9. The molecular weight excluding hydrogens is 295 g/mol. The molecule has 2 heterocycles. The second kappa shape index (κ2) is 6.69. The minimum atomic E-state index is -0.350. The van der Waals surface area contributed by atoms with Crippen LogP contribution in [0.5, 0.6) is 0 Å². The highest BCUT2D eigenvalue weighted by molar-refractivity contribution is 5.98. The monoisotopic (exact) mass is 312 g/mol. The van der Waals surface area contributed by atoms with E-state index in [9.17, 15) is 14.0 Å². The van der Waals surface area contributed by atoms with Crippen LogP contribution in [0.4, 0.5) is 4.39 Å². The smallest absolute Gasteiger partial charge is 0.272 e. The zero-order chi connectivity index (χ0) is 16.2. The fourth-order valence-corrected chi connectivity index (χ4v) is 2.85. The van der Waals surface area contributed by atoms with Gasteiger partial charge in [-0.3, -0.25) is 14.6 Å². The molecule has 0 bridgehead atoms. The van der Waals surface area contributed by atoms with Crippen LogP contribution in [0.3, 0.4) is 0 Å². The molecule has 1 aromatic carbocycles. The van der Waals surface area contributed by atoms with Gasteiger partial charge < -0.3 is 4.90 Å². The number of aromatic nitrogens is 1. The Morgan fingerprint density at radius 2 is 1.74 bits per heavy atom. The van der Waals surface area contributed by atoms with Gasteiger partial charge in [-0.2, -0.15) is 0 Å². The van der Waals surface area contributed by atoms with Gasteiger partial charge in [-0.1, -0.05) is 6.07 Å². The Labute approximate surface area is 134 Å². The molecule has 0 radical (unpaired) electrons. The lowest BCUT2D eigenvalue weighted by atomic mass is 9.89. The maximum absolute atomic E-state index is 12.9. The summed E-state index contributed by atoms with van der Waals surface area (Å²) in [4.78, 5) is 30.5. The van der Waals surface area contributed by atoms with Crippen LogP contribution < -0.4 is 0 Å². The normalized spacial score (nSPS) is 15.4. The number of hydrogen-bond acceptors (Lipinski definition) is 3. The molecule has 1 aliphatic heterocycles. The second-order valence-electron chi connectivity index (χ2n) is 5.65. The number of benzene rings is 1.